The lowest BCUT2D eigenvalue weighted by Crippen LogP contribution is -2.26. The number of rotatable bonds is 3. The van der Waals surface area contributed by atoms with Crippen molar-refractivity contribution >= 4 is 0 Å². The molecular weight excluding hydrogens is 220 g/mol. The molecule has 1 atom stereocenters. The van der Waals surface area contributed by atoms with E-state index in [1.54, 1.807) is 0 Å². The molecule has 1 heteroatoms. The maximum atomic E-state index is 11.0. The Bertz CT molecular complexity index is 531. The number of aryl methyl sites for hydroxylation is 2. The van der Waals surface area contributed by atoms with Crippen molar-refractivity contribution in [1.29, 1.82) is 0 Å². The van der Waals surface area contributed by atoms with Crippen molar-refractivity contribution in [3.8, 4) is 0 Å². The van der Waals surface area contributed by atoms with Crippen LogP contribution >= 0.6 is 0 Å². The van der Waals surface area contributed by atoms with E-state index in [0.717, 1.165) is 11.1 Å². The second-order valence-corrected chi connectivity index (χ2v) is 4.88. The second-order valence-electron chi connectivity index (χ2n) is 4.88. The molecule has 0 fully saturated rings. The summed E-state index contributed by atoms with van der Waals surface area (Å²) in [6.45, 7) is 6.19. The highest BCUT2D eigenvalue weighted by Gasteiger charge is 2.29. The molecule has 2 aromatic carbocycles. The molecule has 0 aliphatic heterocycles. The maximum Gasteiger partial charge on any atom is 0.114 e. The molecule has 0 bridgehead atoms. The smallest absolute Gasteiger partial charge is 0.114 e. The summed E-state index contributed by atoms with van der Waals surface area (Å²) in [5.41, 5.74) is 3.51. The molecular formula is C17H20O. The van der Waals surface area contributed by atoms with Crippen LogP contribution in [0, 0.1) is 13.8 Å². The summed E-state index contributed by atoms with van der Waals surface area (Å²) in [6.07, 6.45) is 0.666. The van der Waals surface area contributed by atoms with E-state index in [2.05, 4.69) is 26.0 Å². The molecule has 1 N–H and O–H groups in total. The van der Waals surface area contributed by atoms with Crippen molar-refractivity contribution in [2.75, 3.05) is 0 Å². The second kappa shape index (κ2) is 4.95. The van der Waals surface area contributed by atoms with Crippen LogP contribution in [-0.2, 0) is 5.60 Å². The van der Waals surface area contributed by atoms with Gasteiger partial charge in [0.15, 0.2) is 0 Å². The first kappa shape index (κ1) is 12.8. The molecule has 0 saturated carbocycles. The average Bonchev–Trinajstić information content (AvgIpc) is 2.42. The number of benzene rings is 2. The Labute approximate surface area is 109 Å². The zero-order valence-corrected chi connectivity index (χ0v) is 11.3. The summed E-state index contributed by atoms with van der Waals surface area (Å²) in [7, 11) is 0. The van der Waals surface area contributed by atoms with Crippen LogP contribution in [-0.4, -0.2) is 5.11 Å². The van der Waals surface area contributed by atoms with Gasteiger partial charge in [0.2, 0.25) is 0 Å². The van der Waals surface area contributed by atoms with Crippen molar-refractivity contribution in [3.05, 3.63) is 70.8 Å². The fourth-order valence-corrected chi connectivity index (χ4v) is 2.29. The van der Waals surface area contributed by atoms with Crippen LogP contribution in [0.1, 0.15) is 35.6 Å². The van der Waals surface area contributed by atoms with Gasteiger partial charge in [0.25, 0.3) is 0 Å². The van der Waals surface area contributed by atoms with Gasteiger partial charge in [-0.15, -0.1) is 0 Å². The molecule has 2 aromatic rings. The molecule has 1 nitrogen and oxygen atoms in total. The first-order chi connectivity index (χ1) is 8.58. The molecule has 0 amide bonds. The van der Waals surface area contributed by atoms with E-state index in [0.29, 0.717) is 6.42 Å². The van der Waals surface area contributed by atoms with E-state index < -0.39 is 5.60 Å². The van der Waals surface area contributed by atoms with Crippen LogP contribution in [0.25, 0.3) is 0 Å². The largest absolute Gasteiger partial charge is 0.380 e. The molecule has 0 heterocycles. The third-order valence-electron chi connectivity index (χ3n) is 3.75. The van der Waals surface area contributed by atoms with Crippen molar-refractivity contribution in [3.63, 3.8) is 0 Å². The molecule has 2 rings (SSSR count). The van der Waals surface area contributed by atoms with Crippen molar-refractivity contribution in [1.82, 2.24) is 0 Å². The van der Waals surface area contributed by atoms with Gasteiger partial charge in [0.1, 0.15) is 5.60 Å². The Morgan fingerprint density at radius 3 is 2.11 bits per heavy atom. The van der Waals surface area contributed by atoms with E-state index in [1.807, 2.05) is 43.3 Å². The lowest BCUT2D eigenvalue weighted by Gasteiger charge is -2.28. The zero-order chi connectivity index (χ0) is 13.2. The summed E-state index contributed by atoms with van der Waals surface area (Å²) in [6, 6.07) is 16.1. The first-order valence-electron chi connectivity index (χ1n) is 6.43. The molecule has 0 aliphatic carbocycles. The van der Waals surface area contributed by atoms with Gasteiger partial charge >= 0.3 is 0 Å². The Hall–Kier alpha value is -1.60. The Morgan fingerprint density at radius 2 is 1.56 bits per heavy atom. The van der Waals surface area contributed by atoms with Crippen LogP contribution in [0.3, 0.4) is 0 Å². The average molecular weight is 240 g/mol. The normalized spacial score (nSPS) is 14.2. The monoisotopic (exact) mass is 240 g/mol. The lowest BCUT2D eigenvalue weighted by atomic mass is 9.83. The minimum Gasteiger partial charge on any atom is -0.380 e. The van der Waals surface area contributed by atoms with Gasteiger partial charge in [-0.25, -0.2) is 0 Å². The van der Waals surface area contributed by atoms with Crippen molar-refractivity contribution in [2.24, 2.45) is 0 Å². The van der Waals surface area contributed by atoms with Gasteiger partial charge < -0.3 is 5.11 Å². The minimum absolute atomic E-state index is 0.666. The molecule has 18 heavy (non-hydrogen) atoms. The number of hydrogen-bond acceptors (Lipinski definition) is 1. The highest BCUT2D eigenvalue weighted by molar-refractivity contribution is 5.40. The predicted octanol–water partition coefficient (Wildman–Crippen LogP) is 3.95. The molecule has 0 radical (unpaired) electrons. The molecule has 1 unspecified atom stereocenters. The van der Waals surface area contributed by atoms with Crippen LogP contribution in [0.2, 0.25) is 0 Å². The summed E-state index contributed by atoms with van der Waals surface area (Å²) in [5, 5.41) is 11.0. The van der Waals surface area contributed by atoms with Crippen LogP contribution < -0.4 is 0 Å². The lowest BCUT2D eigenvalue weighted by molar-refractivity contribution is 0.0765. The number of hydrogen-bond donors (Lipinski definition) is 1. The standard InChI is InChI=1S/C17H20O/c1-4-17(18,15-8-6-5-7-9-15)16-11-10-13(2)14(3)12-16/h5-12,18H,4H2,1-3H3. The fraction of sp³-hybridized carbons (Fsp3) is 0.294. The Kier molecular flexibility index (Phi) is 3.53. The summed E-state index contributed by atoms with van der Waals surface area (Å²) in [5.74, 6) is 0. The van der Waals surface area contributed by atoms with E-state index in [9.17, 15) is 5.11 Å². The van der Waals surface area contributed by atoms with Crippen LogP contribution in [0.5, 0.6) is 0 Å². The van der Waals surface area contributed by atoms with Gasteiger partial charge in [-0.2, -0.15) is 0 Å². The van der Waals surface area contributed by atoms with Crippen LogP contribution in [0.15, 0.2) is 48.5 Å². The quantitative estimate of drug-likeness (QED) is 0.861. The van der Waals surface area contributed by atoms with Gasteiger partial charge in [-0.05, 0) is 42.5 Å². The predicted molar refractivity (Wildman–Crippen MR) is 75.6 cm³/mol. The van der Waals surface area contributed by atoms with E-state index in [1.165, 1.54) is 11.1 Å². The minimum atomic E-state index is -0.889. The third kappa shape index (κ3) is 2.19. The van der Waals surface area contributed by atoms with Gasteiger partial charge in [-0.3, -0.25) is 0 Å². The molecule has 0 saturated heterocycles. The van der Waals surface area contributed by atoms with Gasteiger partial charge in [0.05, 0.1) is 0 Å². The molecule has 0 aliphatic rings. The third-order valence-corrected chi connectivity index (χ3v) is 3.75. The Morgan fingerprint density at radius 1 is 0.889 bits per heavy atom. The van der Waals surface area contributed by atoms with Gasteiger partial charge in [0, 0.05) is 0 Å². The van der Waals surface area contributed by atoms with Gasteiger partial charge in [-0.1, -0.05) is 55.5 Å². The summed E-state index contributed by atoms with van der Waals surface area (Å²) in [4.78, 5) is 0. The van der Waals surface area contributed by atoms with Crippen molar-refractivity contribution < 1.29 is 5.11 Å². The van der Waals surface area contributed by atoms with E-state index in [4.69, 9.17) is 0 Å². The fourth-order valence-electron chi connectivity index (χ4n) is 2.29. The zero-order valence-electron chi connectivity index (χ0n) is 11.3. The van der Waals surface area contributed by atoms with E-state index >= 15 is 0 Å². The Balaban J connectivity index is 2.53. The van der Waals surface area contributed by atoms with E-state index in [-0.39, 0.29) is 0 Å². The first-order valence-corrected chi connectivity index (χ1v) is 6.43. The van der Waals surface area contributed by atoms with Crippen LogP contribution in [0.4, 0.5) is 0 Å². The number of aliphatic hydroxyl groups is 1. The molecule has 94 valence electrons. The highest BCUT2D eigenvalue weighted by Crippen LogP contribution is 2.33. The van der Waals surface area contributed by atoms with Crippen molar-refractivity contribution in [2.45, 2.75) is 32.8 Å². The maximum absolute atomic E-state index is 11.0. The molecule has 0 spiro atoms. The summed E-state index contributed by atoms with van der Waals surface area (Å²) >= 11 is 0. The highest BCUT2D eigenvalue weighted by atomic mass is 16.3. The molecule has 0 aromatic heterocycles. The SMILES string of the molecule is CCC(O)(c1ccccc1)c1ccc(C)c(C)c1. The topological polar surface area (TPSA) is 20.2 Å². The summed E-state index contributed by atoms with van der Waals surface area (Å²) < 4.78 is 0.